The lowest BCUT2D eigenvalue weighted by Gasteiger charge is -2.13. The Morgan fingerprint density at radius 3 is 2.45 bits per heavy atom. The van der Waals surface area contributed by atoms with Gasteiger partial charge in [0.15, 0.2) is 9.84 Å². The van der Waals surface area contributed by atoms with E-state index in [0.717, 1.165) is 16.9 Å². The van der Waals surface area contributed by atoms with Crippen LogP contribution in [0.15, 0.2) is 41.4 Å². The van der Waals surface area contributed by atoms with Gasteiger partial charge in [-0.2, -0.15) is 0 Å². The van der Waals surface area contributed by atoms with E-state index in [1.54, 1.807) is 12.3 Å². The normalized spacial score (nSPS) is 11.2. The van der Waals surface area contributed by atoms with Crippen molar-refractivity contribution in [3.05, 3.63) is 47.7 Å². The van der Waals surface area contributed by atoms with E-state index in [1.807, 2.05) is 32.0 Å². The minimum absolute atomic E-state index is 0.196. The van der Waals surface area contributed by atoms with Crippen molar-refractivity contribution in [2.75, 3.05) is 24.7 Å². The Morgan fingerprint density at radius 1 is 1.14 bits per heavy atom. The van der Waals surface area contributed by atoms with Gasteiger partial charge in [0.05, 0.1) is 6.54 Å². The number of aryl methyl sites for hydroxylation is 2. The second kappa shape index (κ2) is 6.79. The lowest BCUT2D eigenvalue weighted by Crippen LogP contribution is -2.15. The molecule has 1 N–H and O–H groups in total. The second-order valence-corrected chi connectivity index (χ2v) is 7.10. The maximum absolute atomic E-state index is 11.7. The summed E-state index contributed by atoms with van der Waals surface area (Å²) in [6, 6.07) is 9.13. The van der Waals surface area contributed by atoms with Crippen LogP contribution in [0.3, 0.4) is 0 Å². The molecule has 0 saturated carbocycles. The van der Waals surface area contributed by atoms with Gasteiger partial charge in [0, 0.05) is 12.5 Å². The zero-order valence-corrected chi connectivity index (χ0v) is 13.8. The van der Waals surface area contributed by atoms with E-state index in [9.17, 15) is 8.42 Å². The maximum atomic E-state index is 11.7. The maximum Gasteiger partial charge on any atom is 0.179 e. The van der Waals surface area contributed by atoms with Gasteiger partial charge in [0.25, 0.3) is 0 Å². The lowest BCUT2D eigenvalue weighted by atomic mass is 10.1. The number of hydrogen-bond donors (Lipinski definition) is 1. The van der Waals surface area contributed by atoms with Gasteiger partial charge < -0.3 is 10.1 Å². The number of benzene rings is 1. The van der Waals surface area contributed by atoms with E-state index in [1.165, 1.54) is 12.3 Å². The molecule has 0 aliphatic carbocycles. The Kier molecular flexibility index (Phi) is 5.03. The van der Waals surface area contributed by atoms with Crippen LogP contribution in [0.5, 0.6) is 5.75 Å². The van der Waals surface area contributed by atoms with Crippen LogP contribution in [0.4, 0.5) is 5.82 Å². The van der Waals surface area contributed by atoms with Crippen LogP contribution in [-0.4, -0.2) is 32.8 Å². The van der Waals surface area contributed by atoms with E-state index in [0.29, 0.717) is 19.0 Å². The van der Waals surface area contributed by atoms with Crippen LogP contribution in [0.25, 0.3) is 0 Å². The summed E-state index contributed by atoms with van der Waals surface area (Å²) >= 11 is 0. The van der Waals surface area contributed by atoms with Gasteiger partial charge in [-0.25, -0.2) is 13.4 Å². The molecule has 2 rings (SSSR count). The number of ether oxygens (including phenoxy) is 1. The van der Waals surface area contributed by atoms with Gasteiger partial charge in [0.2, 0.25) is 0 Å². The van der Waals surface area contributed by atoms with E-state index in [2.05, 4.69) is 10.3 Å². The fourth-order valence-corrected chi connectivity index (χ4v) is 2.97. The molecule has 0 saturated heterocycles. The van der Waals surface area contributed by atoms with Crippen LogP contribution >= 0.6 is 0 Å². The van der Waals surface area contributed by atoms with Gasteiger partial charge in [-0.05, 0) is 37.1 Å². The molecule has 2 aromatic rings. The summed E-state index contributed by atoms with van der Waals surface area (Å²) in [4.78, 5) is 4.28. The first-order chi connectivity index (χ1) is 10.4. The van der Waals surface area contributed by atoms with Crippen molar-refractivity contribution >= 4 is 15.7 Å². The number of para-hydroxylation sites is 1. The fourth-order valence-electron chi connectivity index (χ4n) is 2.17. The number of anilines is 1. The summed E-state index contributed by atoms with van der Waals surface area (Å²) in [6.45, 7) is 4.88. The molecule has 0 aliphatic heterocycles. The summed E-state index contributed by atoms with van der Waals surface area (Å²) < 4.78 is 29.1. The summed E-state index contributed by atoms with van der Waals surface area (Å²) in [7, 11) is -3.30. The van der Waals surface area contributed by atoms with Gasteiger partial charge in [-0.15, -0.1) is 0 Å². The van der Waals surface area contributed by atoms with Crippen LogP contribution in [0, 0.1) is 13.8 Å². The summed E-state index contributed by atoms with van der Waals surface area (Å²) in [6.07, 6.45) is 2.73. The average molecular weight is 320 g/mol. The first-order valence-electron chi connectivity index (χ1n) is 6.97. The third-order valence-corrected chi connectivity index (χ3v) is 4.35. The van der Waals surface area contributed by atoms with Gasteiger partial charge in [0.1, 0.15) is 23.1 Å². The highest BCUT2D eigenvalue weighted by Crippen LogP contribution is 2.22. The third kappa shape index (κ3) is 3.98. The highest BCUT2D eigenvalue weighted by atomic mass is 32.2. The molecule has 0 aliphatic rings. The van der Waals surface area contributed by atoms with E-state index in [-0.39, 0.29) is 4.90 Å². The Labute approximate surface area is 131 Å². The topological polar surface area (TPSA) is 68.3 Å². The molecule has 6 heteroatoms. The van der Waals surface area contributed by atoms with Crippen molar-refractivity contribution in [2.45, 2.75) is 18.7 Å². The van der Waals surface area contributed by atoms with Gasteiger partial charge >= 0.3 is 0 Å². The number of rotatable bonds is 6. The quantitative estimate of drug-likeness (QED) is 0.829. The highest BCUT2D eigenvalue weighted by Gasteiger charge is 2.13. The van der Waals surface area contributed by atoms with Crippen LogP contribution < -0.4 is 10.1 Å². The molecule has 1 heterocycles. The number of hydrogen-bond acceptors (Lipinski definition) is 5. The molecule has 0 fully saturated rings. The Hall–Kier alpha value is -2.08. The van der Waals surface area contributed by atoms with Gasteiger partial charge in [-0.3, -0.25) is 0 Å². The SMILES string of the molecule is Cc1cccc(C)c1OCCNc1ncccc1S(C)(=O)=O. The molecule has 0 spiro atoms. The zero-order valence-electron chi connectivity index (χ0n) is 13.0. The number of aromatic nitrogens is 1. The Morgan fingerprint density at radius 2 is 1.82 bits per heavy atom. The molecule has 5 nitrogen and oxygen atoms in total. The third-order valence-electron chi connectivity index (χ3n) is 3.22. The number of nitrogens with zero attached hydrogens (tertiary/aromatic N) is 1. The average Bonchev–Trinajstić information content (AvgIpc) is 2.45. The summed E-state index contributed by atoms with van der Waals surface area (Å²) in [5.41, 5.74) is 2.16. The standard InChI is InChI=1S/C16H20N2O3S/c1-12-6-4-7-13(2)15(12)21-11-10-18-16-14(22(3,19)20)8-5-9-17-16/h4-9H,10-11H2,1-3H3,(H,17,18). The molecule has 1 aromatic heterocycles. The Bertz CT molecular complexity index is 737. The lowest BCUT2D eigenvalue weighted by molar-refractivity contribution is 0.328. The zero-order chi connectivity index (χ0) is 16.2. The van der Waals surface area contributed by atoms with Crippen LogP contribution in [0.1, 0.15) is 11.1 Å². The molecule has 0 atom stereocenters. The second-order valence-electron chi connectivity index (χ2n) is 5.12. The molecule has 22 heavy (non-hydrogen) atoms. The molecule has 0 unspecified atom stereocenters. The van der Waals surface area contributed by atoms with Crippen LogP contribution in [-0.2, 0) is 9.84 Å². The Balaban J connectivity index is 1.98. The number of pyridine rings is 1. The highest BCUT2D eigenvalue weighted by molar-refractivity contribution is 7.90. The van der Waals surface area contributed by atoms with Crippen molar-refractivity contribution < 1.29 is 13.2 Å². The van der Waals surface area contributed by atoms with Crippen molar-refractivity contribution in [1.82, 2.24) is 4.98 Å². The minimum Gasteiger partial charge on any atom is -0.491 e. The predicted molar refractivity (Wildman–Crippen MR) is 87.2 cm³/mol. The van der Waals surface area contributed by atoms with Crippen molar-refractivity contribution in [3.8, 4) is 5.75 Å². The molecule has 1 aromatic carbocycles. The number of sulfone groups is 1. The fraction of sp³-hybridized carbons (Fsp3) is 0.312. The van der Waals surface area contributed by atoms with Gasteiger partial charge in [-0.1, -0.05) is 18.2 Å². The van der Waals surface area contributed by atoms with E-state index in [4.69, 9.17) is 4.74 Å². The molecular weight excluding hydrogens is 300 g/mol. The molecular formula is C16H20N2O3S. The number of nitrogens with one attached hydrogen (secondary N) is 1. The van der Waals surface area contributed by atoms with Crippen LogP contribution in [0.2, 0.25) is 0 Å². The largest absolute Gasteiger partial charge is 0.491 e. The molecule has 118 valence electrons. The van der Waals surface area contributed by atoms with Crippen molar-refractivity contribution in [1.29, 1.82) is 0 Å². The first-order valence-corrected chi connectivity index (χ1v) is 8.86. The van der Waals surface area contributed by atoms with Crippen molar-refractivity contribution in [3.63, 3.8) is 0 Å². The minimum atomic E-state index is -3.30. The molecule has 0 amide bonds. The van der Waals surface area contributed by atoms with E-state index >= 15 is 0 Å². The van der Waals surface area contributed by atoms with E-state index < -0.39 is 9.84 Å². The predicted octanol–water partition coefficient (Wildman–Crippen LogP) is 2.59. The monoisotopic (exact) mass is 320 g/mol. The summed E-state index contributed by atoms with van der Waals surface area (Å²) in [5, 5.41) is 3.01. The smallest absolute Gasteiger partial charge is 0.179 e. The van der Waals surface area contributed by atoms with Crippen molar-refractivity contribution in [2.24, 2.45) is 0 Å². The molecule has 0 radical (unpaired) electrons. The summed E-state index contributed by atoms with van der Waals surface area (Å²) in [5.74, 6) is 1.23. The molecule has 0 bridgehead atoms. The first kappa shape index (κ1) is 16.3.